The Kier molecular flexibility index (Phi) is 8.68. The van der Waals surface area contributed by atoms with Crippen LogP contribution in [0, 0.1) is 0 Å². The van der Waals surface area contributed by atoms with E-state index in [1.165, 1.54) is 0 Å². The molecular weight excluding hydrogens is 495 g/mol. The van der Waals surface area contributed by atoms with E-state index in [1.54, 1.807) is 0 Å². The number of aliphatic carboxylic acids is 1. The van der Waals surface area contributed by atoms with Gasteiger partial charge in [0.2, 0.25) is 0 Å². The van der Waals surface area contributed by atoms with Crippen molar-refractivity contribution in [2.45, 2.75) is 43.2 Å². The number of rotatable bonds is 10. The maximum absolute atomic E-state index is 11.9. The Bertz CT molecular complexity index is 967. The number of hydrogen-bond acceptors (Lipinski definition) is 3. The van der Waals surface area contributed by atoms with Crippen molar-refractivity contribution < 1.29 is 19.4 Å². The van der Waals surface area contributed by atoms with Gasteiger partial charge in [-0.05, 0) is 0 Å². The van der Waals surface area contributed by atoms with Gasteiger partial charge in [0.1, 0.15) is 0 Å². The molecule has 0 radical (unpaired) electrons. The summed E-state index contributed by atoms with van der Waals surface area (Å²) >= 11 is -0.272. The number of carbonyl (C=O) groups is 1. The Hall–Kier alpha value is -2.21. The molecular formula is C27H32O4SeSi. The van der Waals surface area contributed by atoms with E-state index in [1.807, 2.05) is 66.7 Å². The van der Waals surface area contributed by atoms with E-state index in [0.29, 0.717) is 0 Å². The van der Waals surface area contributed by atoms with E-state index < -0.39 is 25.2 Å². The van der Waals surface area contributed by atoms with Crippen molar-refractivity contribution in [2.75, 3.05) is 6.61 Å². The molecule has 3 rings (SSSR count). The number of aliphatic hydroxyl groups excluding tert-OH is 1. The normalized spacial score (nSPS) is 13.9. The third kappa shape index (κ3) is 6.22. The van der Waals surface area contributed by atoms with E-state index in [-0.39, 0.29) is 33.0 Å². The Morgan fingerprint density at radius 2 is 1.33 bits per heavy atom. The first-order chi connectivity index (χ1) is 15.7. The Balaban J connectivity index is 1.85. The van der Waals surface area contributed by atoms with Gasteiger partial charge in [-0.1, -0.05) is 0 Å². The predicted octanol–water partition coefficient (Wildman–Crippen LogP) is 3.22. The summed E-state index contributed by atoms with van der Waals surface area (Å²) < 4.78 is 7.77. The van der Waals surface area contributed by atoms with Crippen molar-refractivity contribution in [3.8, 4) is 0 Å². The molecule has 0 aromatic heterocycles. The minimum absolute atomic E-state index is 0.0991. The second kappa shape index (κ2) is 11.3. The topological polar surface area (TPSA) is 66.8 Å². The van der Waals surface area contributed by atoms with E-state index in [9.17, 15) is 15.0 Å². The Labute approximate surface area is 203 Å². The SMILES string of the molecule is CC(C)(C)[Si](OCC(O)CC([Se]c1ccccc1)C(=O)O)(c1ccccc1)c1ccccc1. The third-order valence-corrected chi connectivity index (χ3v) is 13.3. The van der Waals surface area contributed by atoms with Gasteiger partial charge in [-0.2, -0.15) is 0 Å². The predicted molar refractivity (Wildman–Crippen MR) is 137 cm³/mol. The van der Waals surface area contributed by atoms with Gasteiger partial charge < -0.3 is 0 Å². The van der Waals surface area contributed by atoms with Crippen molar-refractivity contribution in [3.63, 3.8) is 0 Å². The molecule has 0 saturated carbocycles. The summed E-state index contributed by atoms with van der Waals surface area (Å²) in [6.45, 7) is 6.65. The van der Waals surface area contributed by atoms with Crippen molar-refractivity contribution >= 4 is 44.1 Å². The number of benzene rings is 3. The van der Waals surface area contributed by atoms with Gasteiger partial charge >= 0.3 is 204 Å². The molecule has 3 aromatic rings. The Morgan fingerprint density at radius 1 is 0.879 bits per heavy atom. The molecule has 2 unspecified atom stereocenters. The summed E-state index contributed by atoms with van der Waals surface area (Å²) in [5.41, 5.74) is 0. The molecule has 0 fully saturated rings. The molecule has 6 heteroatoms. The van der Waals surface area contributed by atoms with Crippen LogP contribution in [0.5, 0.6) is 0 Å². The van der Waals surface area contributed by atoms with Crippen LogP contribution in [-0.2, 0) is 9.22 Å². The van der Waals surface area contributed by atoms with Gasteiger partial charge in [0.05, 0.1) is 0 Å². The second-order valence-corrected chi connectivity index (χ2v) is 16.1. The molecule has 3 aromatic carbocycles. The number of hydrogen-bond donors (Lipinski definition) is 2. The molecule has 4 nitrogen and oxygen atoms in total. The summed E-state index contributed by atoms with van der Waals surface area (Å²) in [6.07, 6.45) is -0.694. The van der Waals surface area contributed by atoms with Crippen molar-refractivity contribution in [1.29, 1.82) is 0 Å². The zero-order chi connectivity index (χ0) is 23.9. The fourth-order valence-corrected chi connectivity index (χ4v) is 11.0. The molecule has 2 N–H and O–H groups in total. The number of aliphatic hydroxyl groups is 1. The van der Waals surface area contributed by atoms with Gasteiger partial charge in [0.25, 0.3) is 0 Å². The molecule has 0 heterocycles. The van der Waals surface area contributed by atoms with Crippen LogP contribution in [0.1, 0.15) is 27.2 Å². The Morgan fingerprint density at radius 3 is 1.76 bits per heavy atom. The average molecular weight is 528 g/mol. The maximum atomic E-state index is 11.9. The van der Waals surface area contributed by atoms with Crippen LogP contribution in [0.2, 0.25) is 9.85 Å². The van der Waals surface area contributed by atoms with Crippen LogP contribution >= 0.6 is 0 Å². The molecule has 174 valence electrons. The summed E-state index contributed by atoms with van der Waals surface area (Å²) in [6, 6.07) is 30.1. The molecule has 0 amide bonds. The second-order valence-electron chi connectivity index (χ2n) is 9.12. The summed E-state index contributed by atoms with van der Waals surface area (Å²) in [5, 5.41) is 22.8. The molecule has 0 saturated heterocycles. The van der Waals surface area contributed by atoms with Crippen molar-refractivity contribution in [3.05, 3.63) is 91.0 Å². The van der Waals surface area contributed by atoms with E-state index >= 15 is 0 Å². The average Bonchev–Trinajstić information content (AvgIpc) is 2.80. The van der Waals surface area contributed by atoms with Crippen LogP contribution < -0.4 is 14.8 Å². The summed E-state index contributed by atoms with van der Waals surface area (Å²) in [7, 11) is -2.77. The van der Waals surface area contributed by atoms with Gasteiger partial charge in [0.15, 0.2) is 0 Å². The molecule has 0 aliphatic carbocycles. The van der Waals surface area contributed by atoms with Crippen LogP contribution in [0.15, 0.2) is 91.0 Å². The zero-order valence-corrected chi connectivity index (χ0v) is 22.1. The number of carboxylic acid groups (broad SMARTS) is 1. The molecule has 2 atom stereocenters. The monoisotopic (exact) mass is 528 g/mol. The van der Waals surface area contributed by atoms with Crippen LogP contribution in [-0.4, -0.2) is 52.2 Å². The van der Waals surface area contributed by atoms with Gasteiger partial charge in [0, 0.05) is 0 Å². The zero-order valence-electron chi connectivity index (χ0n) is 19.3. The third-order valence-electron chi connectivity index (χ3n) is 5.69. The van der Waals surface area contributed by atoms with Crippen molar-refractivity contribution in [2.24, 2.45) is 0 Å². The number of carboxylic acids is 1. The molecule has 0 aliphatic rings. The molecule has 0 spiro atoms. The van der Waals surface area contributed by atoms with Crippen LogP contribution in [0.25, 0.3) is 0 Å². The fourth-order valence-electron chi connectivity index (χ4n) is 4.16. The first kappa shape index (κ1) is 25.4. The summed E-state index contributed by atoms with van der Waals surface area (Å²) in [5.74, 6) is -0.872. The van der Waals surface area contributed by atoms with Gasteiger partial charge in [-0.3, -0.25) is 0 Å². The minimum atomic E-state index is -2.77. The van der Waals surface area contributed by atoms with Gasteiger partial charge in [-0.25, -0.2) is 0 Å². The molecule has 0 bridgehead atoms. The van der Waals surface area contributed by atoms with Crippen LogP contribution in [0.3, 0.4) is 0 Å². The molecule has 0 aliphatic heterocycles. The quantitative estimate of drug-likeness (QED) is 0.398. The molecule has 33 heavy (non-hydrogen) atoms. The van der Waals surface area contributed by atoms with Crippen molar-refractivity contribution in [1.82, 2.24) is 0 Å². The summed E-state index contributed by atoms with van der Waals surface area (Å²) in [4.78, 5) is 11.3. The van der Waals surface area contributed by atoms with E-state index in [0.717, 1.165) is 14.8 Å². The standard InChI is InChI=1S/C27H32O4SeSi/c1-27(2,3)33(23-15-9-5-10-16-23,24-17-11-6-12-18-24)31-20-21(28)19-25(26(29)30)32-22-13-7-4-8-14-22/h4-18,21,25,28H,19-20H2,1-3H3,(H,29,30). The van der Waals surface area contributed by atoms with E-state index in [2.05, 4.69) is 45.0 Å². The first-order valence-corrected chi connectivity index (χ1v) is 14.9. The van der Waals surface area contributed by atoms with Gasteiger partial charge in [-0.15, -0.1) is 0 Å². The van der Waals surface area contributed by atoms with Crippen LogP contribution in [0.4, 0.5) is 0 Å². The van der Waals surface area contributed by atoms with E-state index in [4.69, 9.17) is 4.43 Å². The fraction of sp³-hybridized carbons (Fsp3) is 0.296. The first-order valence-electron chi connectivity index (χ1n) is 11.1.